The van der Waals surface area contributed by atoms with Crippen LogP contribution in [-0.4, -0.2) is 58.4 Å². The molecule has 1 fully saturated rings. The molecular weight excluding hydrogens is 344 g/mol. The summed E-state index contributed by atoms with van der Waals surface area (Å²) in [6.07, 6.45) is 0.495. The van der Waals surface area contributed by atoms with E-state index in [1.807, 2.05) is 6.92 Å². The van der Waals surface area contributed by atoms with Crippen molar-refractivity contribution in [1.29, 1.82) is 0 Å². The van der Waals surface area contributed by atoms with Gasteiger partial charge in [-0.2, -0.15) is 5.10 Å². The first-order valence-electron chi connectivity index (χ1n) is 6.57. The van der Waals surface area contributed by atoms with E-state index >= 15 is 0 Å². The number of aromatic nitrogens is 2. The number of aromatic amines is 1. The van der Waals surface area contributed by atoms with Crippen molar-refractivity contribution in [1.82, 2.24) is 20.4 Å². The number of nitrogens with one attached hydrogen (secondary N) is 2. The van der Waals surface area contributed by atoms with E-state index in [1.165, 1.54) is 0 Å². The highest BCUT2D eigenvalue weighted by atomic mass is 79.9. The Hall–Kier alpha value is -1.61. The number of hydrogen-bond donors (Lipinski definition) is 3. The lowest BCUT2D eigenvalue weighted by atomic mass is 9.99. The van der Waals surface area contributed by atoms with Crippen LogP contribution in [0.15, 0.2) is 10.7 Å². The lowest BCUT2D eigenvalue weighted by Crippen LogP contribution is -2.42. The second-order valence-electron chi connectivity index (χ2n) is 4.78. The fourth-order valence-electron chi connectivity index (χ4n) is 2.35. The van der Waals surface area contributed by atoms with Gasteiger partial charge in [0.15, 0.2) is 0 Å². The zero-order valence-electron chi connectivity index (χ0n) is 11.6. The Morgan fingerprint density at radius 2 is 2.43 bits per heavy atom. The molecule has 1 aromatic rings. The van der Waals surface area contributed by atoms with Gasteiger partial charge >= 0.3 is 12.0 Å². The Bertz CT molecular complexity index is 535. The number of carbonyl (C=O) groups is 2. The summed E-state index contributed by atoms with van der Waals surface area (Å²) < 4.78 is 6.26. The maximum absolute atomic E-state index is 11.9. The van der Waals surface area contributed by atoms with Gasteiger partial charge in [0.25, 0.3) is 0 Å². The predicted octanol–water partition coefficient (Wildman–Crippen LogP) is 0.904. The number of carbonyl (C=O) groups excluding carboxylic acids is 1. The molecule has 1 atom stereocenters. The zero-order chi connectivity index (χ0) is 15.5. The number of carboxylic acid groups (broad SMARTS) is 1. The minimum atomic E-state index is -1.06. The number of likely N-dealkylation sites (tertiary alicyclic amines) is 1. The van der Waals surface area contributed by atoms with Gasteiger partial charge < -0.3 is 20.1 Å². The molecule has 21 heavy (non-hydrogen) atoms. The summed E-state index contributed by atoms with van der Waals surface area (Å²) in [5.41, 5.74) is -0.311. The van der Waals surface area contributed by atoms with Crippen molar-refractivity contribution in [2.45, 2.75) is 18.9 Å². The number of urea groups is 1. The Balaban J connectivity index is 2.18. The first-order chi connectivity index (χ1) is 9.97. The number of halogens is 1. The molecule has 1 aliphatic rings. The molecule has 1 aliphatic heterocycles. The monoisotopic (exact) mass is 360 g/mol. The molecule has 1 saturated heterocycles. The summed E-state index contributed by atoms with van der Waals surface area (Å²) in [5.74, 6) is -1.06. The Morgan fingerprint density at radius 1 is 1.67 bits per heavy atom. The van der Waals surface area contributed by atoms with Gasteiger partial charge in [0.1, 0.15) is 16.8 Å². The Morgan fingerprint density at radius 3 is 3.00 bits per heavy atom. The van der Waals surface area contributed by atoms with Crippen LogP contribution in [-0.2, 0) is 15.1 Å². The molecule has 2 amide bonds. The number of rotatable bonds is 5. The minimum absolute atomic E-state index is 0.187. The van der Waals surface area contributed by atoms with Gasteiger partial charge in [-0.15, -0.1) is 0 Å². The van der Waals surface area contributed by atoms with Gasteiger partial charge in [-0.05, 0) is 28.9 Å². The van der Waals surface area contributed by atoms with Crippen LogP contribution in [0, 0.1) is 0 Å². The predicted molar refractivity (Wildman–Crippen MR) is 76.8 cm³/mol. The van der Waals surface area contributed by atoms with Gasteiger partial charge in [-0.1, -0.05) is 0 Å². The van der Waals surface area contributed by atoms with Crippen LogP contribution in [0.25, 0.3) is 0 Å². The topological polar surface area (TPSA) is 108 Å². The highest BCUT2D eigenvalue weighted by Gasteiger charge is 2.44. The molecule has 1 aromatic heterocycles. The number of amides is 2. The molecule has 9 heteroatoms. The summed E-state index contributed by atoms with van der Waals surface area (Å²) in [7, 11) is 0. The van der Waals surface area contributed by atoms with Crippen molar-refractivity contribution in [3.63, 3.8) is 0 Å². The number of carboxylic acids is 1. The maximum Gasteiger partial charge on any atom is 0.329 e. The Kier molecular flexibility index (Phi) is 4.84. The molecule has 0 radical (unpaired) electrons. The van der Waals surface area contributed by atoms with Crippen molar-refractivity contribution >= 4 is 27.9 Å². The van der Waals surface area contributed by atoms with Crippen LogP contribution in [0.2, 0.25) is 0 Å². The van der Waals surface area contributed by atoms with Crippen LogP contribution >= 0.6 is 15.9 Å². The highest BCUT2D eigenvalue weighted by molar-refractivity contribution is 9.10. The summed E-state index contributed by atoms with van der Waals surface area (Å²) >= 11 is 3.27. The van der Waals surface area contributed by atoms with Crippen molar-refractivity contribution < 1.29 is 19.4 Å². The molecule has 3 N–H and O–H groups in total. The van der Waals surface area contributed by atoms with E-state index in [9.17, 15) is 9.59 Å². The first kappa shape index (κ1) is 15.8. The molecule has 2 heterocycles. The number of aliphatic carboxylic acids is 1. The lowest BCUT2D eigenvalue weighted by molar-refractivity contribution is -0.150. The van der Waals surface area contributed by atoms with Crippen molar-refractivity contribution in [2.75, 3.05) is 26.2 Å². The summed E-state index contributed by atoms with van der Waals surface area (Å²) in [5, 5.41) is 18.5. The van der Waals surface area contributed by atoms with Gasteiger partial charge in [0.05, 0.1) is 12.2 Å². The number of nitrogens with zero attached hydrogens (tertiary/aromatic N) is 2. The molecule has 8 nitrogen and oxygen atoms in total. The summed E-state index contributed by atoms with van der Waals surface area (Å²) in [6.45, 7) is 2.69. The van der Waals surface area contributed by atoms with E-state index in [2.05, 4.69) is 31.4 Å². The third-order valence-electron chi connectivity index (χ3n) is 3.33. The van der Waals surface area contributed by atoms with E-state index in [0.717, 1.165) is 0 Å². The molecule has 2 rings (SSSR count). The fourth-order valence-corrected chi connectivity index (χ4v) is 2.66. The summed E-state index contributed by atoms with van der Waals surface area (Å²) in [6, 6.07) is 1.55. The summed E-state index contributed by atoms with van der Waals surface area (Å²) in [4.78, 5) is 24.3. The van der Waals surface area contributed by atoms with Crippen LogP contribution in [0.3, 0.4) is 0 Å². The van der Waals surface area contributed by atoms with Gasteiger partial charge in [-0.25, -0.2) is 9.59 Å². The molecule has 116 valence electrons. The standard InChI is InChI=1S/C12H17BrN4O4/c1-2-14-11(20)17-4-3-12(7-17,21-6-10(18)19)8-5-9(13)16-15-8/h5H,2-4,6-7H2,1H3,(H,14,20)(H,15,16)(H,18,19). The SMILES string of the molecule is CCNC(=O)N1CCC(OCC(=O)O)(c2cc(Br)[nH]n2)C1. The Labute approximate surface area is 130 Å². The third kappa shape index (κ3) is 3.53. The molecule has 0 bridgehead atoms. The largest absolute Gasteiger partial charge is 0.480 e. The van der Waals surface area contributed by atoms with E-state index in [1.54, 1.807) is 11.0 Å². The van der Waals surface area contributed by atoms with Crippen LogP contribution in [0.4, 0.5) is 4.79 Å². The quantitative estimate of drug-likeness (QED) is 0.723. The van der Waals surface area contributed by atoms with Crippen molar-refractivity contribution in [3.05, 3.63) is 16.4 Å². The molecule has 0 aromatic carbocycles. The number of H-pyrrole nitrogens is 1. The highest BCUT2D eigenvalue weighted by Crippen LogP contribution is 2.35. The van der Waals surface area contributed by atoms with Crippen LogP contribution in [0.5, 0.6) is 0 Å². The van der Waals surface area contributed by atoms with Crippen molar-refractivity contribution in [2.24, 2.45) is 0 Å². The third-order valence-corrected chi connectivity index (χ3v) is 3.74. The van der Waals surface area contributed by atoms with Crippen molar-refractivity contribution in [3.8, 4) is 0 Å². The van der Waals surface area contributed by atoms with Crippen LogP contribution < -0.4 is 5.32 Å². The average molecular weight is 361 g/mol. The minimum Gasteiger partial charge on any atom is -0.480 e. The average Bonchev–Trinajstić information content (AvgIpc) is 3.04. The second kappa shape index (κ2) is 6.44. The number of ether oxygens (including phenoxy) is 1. The second-order valence-corrected chi connectivity index (χ2v) is 5.64. The first-order valence-corrected chi connectivity index (χ1v) is 7.36. The van der Waals surface area contributed by atoms with Gasteiger partial charge in [-0.3, -0.25) is 5.10 Å². The molecular formula is C12H17BrN4O4. The van der Waals surface area contributed by atoms with Gasteiger partial charge in [0.2, 0.25) is 0 Å². The lowest BCUT2D eigenvalue weighted by Gasteiger charge is -2.27. The molecule has 0 spiro atoms. The van der Waals surface area contributed by atoms with E-state index in [-0.39, 0.29) is 12.6 Å². The van der Waals surface area contributed by atoms with Gasteiger partial charge in [0, 0.05) is 19.5 Å². The van der Waals surface area contributed by atoms with E-state index in [0.29, 0.717) is 29.8 Å². The fraction of sp³-hybridized carbons (Fsp3) is 0.583. The molecule has 1 unspecified atom stereocenters. The van der Waals surface area contributed by atoms with E-state index in [4.69, 9.17) is 9.84 Å². The normalized spacial score (nSPS) is 21.5. The molecule has 0 aliphatic carbocycles. The number of hydrogen-bond acceptors (Lipinski definition) is 4. The smallest absolute Gasteiger partial charge is 0.329 e. The molecule has 0 saturated carbocycles. The van der Waals surface area contributed by atoms with E-state index < -0.39 is 18.2 Å². The zero-order valence-corrected chi connectivity index (χ0v) is 13.1. The maximum atomic E-state index is 11.9. The van der Waals surface area contributed by atoms with Crippen LogP contribution in [0.1, 0.15) is 19.0 Å².